The third kappa shape index (κ3) is 23.7. The Morgan fingerprint density at radius 2 is 0.329 bits per heavy atom. The van der Waals surface area contributed by atoms with Gasteiger partial charge in [0.2, 0.25) is 0 Å². The first kappa shape index (κ1) is 101. The van der Waals surface area contributed by atoms with Crippen LogP contribution in [0.4, 0.5) is 57.1 Å². The van der Waals surface area contributed by atoms with Crippen molar-refractivity contribution in [3.05, 3.63) is 489 Å². The fraction of sp³-hybridized carbons (Fsp3) is 0.156. The van der Waals surface area contributed by atoms with Crippen molar-refractivity contribution < 1.29 is 66.5 Å². The molecule has 15 heteroatoms. The van der Waals surface area contributed by atoms with Crippen LogP contribution in [0.5, 0.6) is 0 Å². The van der Waals surface area contributed by atoms with Gasteiger partial charge in [-0.15, -0.1) is 0 Å². The fourth-order valence-corrected chi connectivity index (χ4v) is 17.6. The predicted octanol–water partition coefficient (Wildman–Crippen LogP) is 37.4. The highest BCUT2D eigenvalue weighted by Crippen LogP contribution is 2.43. The molecule has 0 amide bonds. The third-order valence-corrected chi connectivity index (χ3v) is 26.5. The van der Waals surface area contributed by atoms with Crippen molar-refractivity contribution in [2.45, 2.75) is 107 Å². The van der Waals surface area contributed by atoms with Gasteiger partial charge in [0.1, 0.15) is 17.5 Å². The van der Waals surface area contributed by atoms with Crippen LogP contribution in [0.15, 0.2) is 358 Å². The standard InChI is InChI=1S/2C26H19F3.C26H20F2.C25H23F3O.C25H24F2O/c1-16-3-7-18(8-4-16)21-12-11-20(15-24(21)27)23-14-13-22(25(28)26(23)29)19-9-5-17(2)6-10-19;1-16-3-6-18(7-4-16)19-9-11-20(12-10-19)22-13-14-23(26(29)25(22)28)21-8-5-17(2)24(27)15-21;1-17-3-7-19(8-4-17)20-11-13-22(14-12-20)24-16-15-23(25(27)26(24)28)21-9-5-18(2)6-10-21;1-15-3-12-23(29-14-15)18-8-6-17(7-9-18)20-10-11-21(25(28)24(20)27)19-5-4-16(2)22(26)13-19;1-16-3-6-18(7-4-16)21-12-13-22(25(27)24(21)26)19-8-10-20(11-9-19)23-14-5-17(2)15-28-23/h2*3-15H,1-2H3;3-16H,1-2H3;4-11,13,15,23H,3,12,14H2,1-2H3;3-4,6-13,17,23H,5,14-15H2,1-2H3. The average molecular weight is 1920 g/mol. The van der Waals surface area contributed by atoms with Crippen molar-refractivity contribution in [1.29, 1.82) is 0 Å². The molecule has 0 spiro atoms. The van der Waals surface area contributed by atoms with Crippen molar-refractivity contribution in [3.8, 4) is 145 Å². The summed E-state index contributed by atoms with van der Waals surface area (Å²) in [5.74, 6) is -9.19. The minimum absolute atomic E-state index is 0.0349. The van der Waals surface area contributed by atoms with Crippen molar-refractivity contribution in [2.24, 2.45) is 11.8 Å². The van der Waals surface area contributed by atoms with Gasteiger partial charge in [-0.25, -0.2) is 57.1 Å². The number of hydrogen-bond acceptors (Lipinski definition) is 2. The molecule has 18 aromatic rings. The first-order chi connectivity index (χ1) is 68.9. The van der Waals surface area contributed by atoms with E-state index in [1.54, 1.807) is 117 Å². The molecule has 0 N–H and O–H groups in total. The lowest BCUT2D eigenvalue weighted by Gasteiger charge is -2.27. The molecule has 2 aliphatic rings. The van der Waals surface area contributed by atoms with Gasteiger partial charge in [0.15, 0.2) is 58.2 Å². The van der Waals surface area contributed by atoms with E-state index in [1.165, 1.54) is 59.7 Å². The normalized spacial score (nSPS) is 14.3. The highest BCUT2D eigenvalue weighted by molar-refractivity contribution is 5.81. The largest absolute Gasteiger partial charge is 0.373 e. The summed E-state index contributed by atoms with van der Waals surface area (Å²) in [6, 6.07) is 105. The summed E-state index contributed by atoms with van der Waals surface area (Å²) >= 11 is 0. The number of halogens is 13. The molecule has 0 aromatic heterocycles. The summed E-state index contributed by atoms with van der Waals surface area (Å²) in [6.45, 7) is 21.0. The molecule has 4 atom stereocenters. The summed E-state index contributed by atoms with van der Waals surface area (Å²) in [7, 11) is 0. The van der Waals surface area contributed by atoms with Crippen molar-refractivity contribution in [3.63, 3.8) is 0 Å². The second-order valence-electron chi connectivity index (χ2n) is 37.2. The average Bonchev–Trinajstić information content (AvgIpc) is 0.797. The number of aryl methyl sites for hydroxylation is 8. The maximum Gasteiger partial charge on any atom is 0.167 e. The van der Waals surface area contributed by atoms with E-state index in [4.69, 9.17) is 9.47 Å². The predicted molar refractivity (Wildman–Crippen MR) is 554 cm³/mol. The zero-order valence-electron chi connectivity index (χ0n) is 80.8. The Labute approximate surface area is 827 Å². The second kappa shape index (κ2) is 45.3. The van der Waals surface area contributed by atoms with Gasteiger partial charge in [0, 0.05) is 74.4 Å². The van der Waals surface area contributed by atoms with E-state index in [0.29, 0.717) is 84.2 Å². The molecule has 2 fully saturated rings. The third-order valence-electron chi connectivity index (χ3n) is 26.5. The van der Waals surface area contributed by atoms with Crippen LogP contribution in [-0.4, -0.2) is 13.2 Å². The molecule has 18 aromatic carbocycles. The summed E-state index contributed by atoms with van der Waals surface area (Å²) in [5.41, 5.74) is 22.2. The molecular formula is C128H105F13O2. The lowest BCUT2D eigenvalue weighted by molar-refractivity contribution is -0.0124. The van der Waals surface area contributed by atoms with Crippen LogP contribution >= 0.6 is 0 Å². The quantitative estimate of drug-likeness (QED) is 0.0953. The minimum Gasteiger partial charge on any atom is -0.373 e. The molecular weight excluding hydrogens is 1820 g/mol. The van der Waals surface area contributed by atoms with E-state index in [9.17, 15) is 57.1 Å². The number of hydrogen-bond donors (Lipinski definition) is 0. The highest BCUT2D eigenvalue weighted by Gasteiger charge is 2.27. The molecule has 2 aliphatic heterocycles. The summed E-state index contributed by atoms with van der Waals surface area (Å²) in [5, 5.41) is 0. The van der Waals surface area contributed by atoms with E-state index >= 15 is 0 Å². The molecule has 2 nitrogen and oxygen atoms in total. The zero-order valence-corrected chi connectivity index (χ0v) is 80.8. The molecule has 0 radical (unpaired) electrons. The number of rotatable bonds is 15. The van der Waals surface area contributed by atoms with Gasteiger partial charge >= 0.3 is 0 Å². The monoisotopic (exact) mass is 1920 g/mol. The van der Waals surface area contributed by atoms with E-state index < -0.39 is 75.6 Å². The summed E-state index contributed by atoms with van der Waals surface area (Å²) in [6.07, 6.45) is 4.37. The second-order valence-corrected chi connectivity index (χ2v) is 37.2. The summed E-state index contributed by atoms with van der Waals surface area (Å²) < 4.78 is 202. The van der Waals surface area contributed by atoms with E-state index in [0.717, 1.165) is 100 Å². The molecule has 0 aliphatic carbocycles. The molecule has 0 bridgehead atoms. The van der Waals surface area contributed by atoms with Gasteiger partial charge < -0.3 is 9.47 Å². The zero-order chi connectivity index (χ0) is 101. The van der Waals surface area contributed by atoms with Crippen LogP contribution in [-0.2, 0) is 9.47 Å². The fourth-order valence-electron chi connectivity index (χ4n) is 17.6. The maximum absolute atomic E-state index is 14.8. The van der Waals surface area contributed by atoms with Gasteiger partial charge in [-0.3, -0.25) is 0 Å². The summed E-state index contributed by atoms with van der Waals surface area (Å²) in [4.78, 5) is 0. The van der Waals surface area contributed by atoms with Crippen LogP contribution in [0, 0.1) is 143 Å². The Hall–Kier alpha value is -15.0. The Balaban J connectivity index is 0.000000128. The molecule has 20 rings (SSSR count). The highest BCUT2D eigenvalue weighted by atomic mass is 19.2. The van der Waals surface area contributed by atoms with Crippen molar-refractivity contribution in [1.82, 2.24) is 0 Å². The van der Waals surface area contributed by atoms with Crippen LogP contribution in [0.2, 0.25) is 0 Å². The van der Waals surface area contributed by atoms with E-state index in [-0.39, 0.29) is 67.8 Å². The molecule has 143 heavy (non-hydrogen) atoms. The van der Waals surface area contributed by atoms with Crippen molar-refractivity contribution in [2.75, 3.05) is 13.2 Å². The van der Waals surface area contributed by atoms with Gasteiger partial charge in [0.05, 0.1) is 12.2 Å². The smallest absolute Gasteiger partial charge is 0.167 e. The Kier molecular flexibility index (Phi) is 32.0. The lowest BCUT2D eigenvalue weighted by atomic mass is 9.94. The lowest BCUT2D eigenvalue weighted by Crippen LogP contribution is -2.18. The van der Waals surface area contributed by atoms with E-state index in [1.807, 2.05) is 224 Å². The van der Waals surface area contributed by atoms with Crippen LogP contribution in [0.3, 0.4) is 0 Å². The molecule has 2 saturated heterocycles. The molecule has 720 valence electrons. The number of benzene rings is 18. The topological polar surface area (TPSA) is 18.5 Å². The SMILES string of the molecule is Cc1ccc(-c2ccc(-c3ccc(-c4ccc(C)c(F)c4)c(F)c3F)cc2)cc1.Cc1ccc(-c2ccc(-c3ccc(-c4ccc(C)cc4)c(F)c3F)cc2)cc1.Cc1ccc(-c2ccc(-c3ccc(-c4ccc(C)cc4)c(F)c3F)cc2F)cc1.Cc1ccc(-c2ccc(-c3ccc(C4CCC(C)CO4)cc3)c(F)c2F)cc1.Cc1ccc(-c2ccc(-c3ccc(C4CCC(C)CO4)cc3)c(F)c2F)cc1F. The Morgan fingerprint density at radius 3 is 0.531 bits per heavy atom. The van der Waals surface area contributed by atoms with E-state index in [2.05, 4.69) is 38.1 Å². The molecule has 2 heterocycles. The van der Waals surface area contributed by atoms with Gasteiger partial charge in [-0.1, -0.05) is 387 Å². The number of ether oxygens (including phenoxy) is 2. The van der Waals surface area contributed by atoms with Gasteiger partial charge in [-0.2, -0.15) is 0 Å². The van der Waals surface area contributed by atoms with Crippen LogP contribution < -0.4 is 0 Å². The Bertz CT molecular complexity index is 7520. The van der Waals surface area contributed by atoms with Gasteiger partial charge in [0.25, 0.3) is 0 Å². The Morgan fingerprint density at radius 1 is 0.168 bits per heavy atom. The van der Waals surface area contributed by atoms with Crippen molar-refractivity contribution >= 4 is 0 Å². The molecule has 4 unspecified atom stereocenters. The van der Waals surface area contributed by atoms with Crippen LogP contribution in [0.25, 0.3) is 145 Å². The van der Waals surface area contributed by atoms with Crippen LogP contribution in [0.1, 0.15) is 107 Å². The molecule has 0 saturated carbocycles. The minimum atomic E-state index is -0.981. The van der Waals surface area contributed by atoms with Gasteiger partial charge in [-0.05, 0) is 217 Å². The maximum atomic E-state index is 14.8. The first-order valence-electron chi connectivity index (χ1n) is 47.7. The first-order valence-corrected chi connectivity index (χ1v) is 47.7.